The van der Waals surface area contributed by atoms with Gasteiger partial charge in [-0.2, -0.15) is 0 Å². The molecule has 0 aliphatic carbocycles. The number of carbonyl (C=O) groups is 2. The van der Waals surface area contributed by atoms with Crippen LogP contribution >= 0.6 is 15.9 Å². The highest BCUT2D eigenvalue weighted by molar-refractivity contribution is 9.10. The molecule has 0 saturated carbocycles. The van der Waals surface area contributed by atoms with Crippen LogP contribution in [0, 0.1) is 0 Å². The Bertz CT molecular complexity index is 1170. The van der Waals surface area contributed by atoms with Crippen molar-refractivity contribution in [1.29, 1.82) is 0 Å². The van der Waals surface area contributed by atoms with Gasteiger partial charge in [0.05, 0.1) is 23.0 Å². The minimum Gasteiger partial charge on any atom is -0.504 e. The third-order valence-electron chi connectivity index (χ3n) is 4.32. The fraction of sp³-hybridized carbons (Fsp3) is 0.238. The van der Waals surface area contributed by atoms with Gasteiger partial charge in [-0.1, -0.05) is 18.2 Å². The second kappa shape index (κ2) is 9.51. The number of fused-ring (bicyclic) bond motifs is 1. The van der Waals surface area contributed by atoms with Crippen LogP contribution in [0.3, 0.4) is 0 Å². The van der Waals surface area contributed by atoms with Gasteiger partial charge in [0, 0.05) is 35.2 Å². The standard InChI is InChI=1S/C21H16BrF3N2O5/c1-2-31-16(29)9-7-14(28)19-20(30)17(22)13-5-3-4-12(18(13)27-19)11-6-8-15(26-10-11)32-21(23,24)25/h3-6,8,10,30H,2,7,9H2,1H3. The maximum absolute atomic E-state index is 12.6. The lowest BCUT2D eigenvalue weighted by molar-refractivity contribution is -0.276. The van der Waals surface area contributed by atoms with Gasteiger partial charge in [0.2, 0.25) is 5.88 Å². The highest BCUT2D eigenvalue weighted by Gasteiger charge is 2.31. The summed E-state index contributed by atoms with van der Waals surface area (Å²) in [5, 5.41) is 10.9. The molecular weight excluding hydrogens is 497 g/mol. The number of ketones is 1. The van der Waals surface area contributed by atoms with Gasteiger partial charge in [0.15, 0.2) is 11.5 Å². The van der Waals surface area contributed by atoms with Gasteiger partial charge in [-0.15, -0.1) is 13.2 Å². The SMILES string of the molecule is CCOC(=O)CCC(=O)c1nc2c(-c3ccc(OC(F)(F)F)nc3)cccc2c(Br)c1O. The molecule has 0 spiro atoms. The minimum atomic E-state index is -4.86. The number of benzene rings is 1. The summed E-state index contributed by atoms with van der Waals surface area (Å²) in [7, 11) is 0. The molecule has 32 heavy (non-hydrogen) atoms. The summed E-state index contributed by atoms with van der Waals surface area (Å²) < 4.78 is 45.9. The Morgan fingerprint density at radius 2 is 1.91 bits per heavy atom. The molecule has 0 unspecified atom stereocenters. The van der Waals surface area contributed by atoms with Gasteiger partial charge in [0.1, 0.15) is 5.69 Å². The molecule has 0 atom stereocenters. The predicted octanol–water partition coefficient (Wildman–Crippen LogP) is 5.19. The number of Topliss-reactive ketones (excluding diaryl/α,β-unsaturated/α-hetero) is 1. The number of rotatable bonds is 7. The number of hydrogen-bond acceptors (Lipinski definition) is 7. The Labute approximate surface area is 188 Å². The normalized spacial score (nSPS) is 11.4. The quantitative estimate of drug-likeness (QED) is 0.343. The predicted molar refractivity (Wildman–Crippen MR) is 111 cm³/mol. The van der Waals surface area contributed by atoms with Gasteiger partial charge in [-0.3, -0.25) is 9.59 Å². The Morgan fingerprint density at radius 1 is 1.16 bits per heavy atom. The average Bonchev–Trinajstić information content (AvgIpc) is 2.74. The number of aromatic nitrogens is 2. The molecule has 0 amide bonds. The highest BCUT2D eigenvalue weighted by atomic mass is 79.9. The summed E-state index contributed by atoms with van der Waals surface area (Å²) in [6.07, 6.45) is -4.07. The van der Waals surface area contributed by atoms with Crippen molar-refractivity contribution in [2.45, 2.75) is 26.1 Å². The number of aromatic hydroxyl groups is 1. The van der Waals surface area contributed by atoms with Crippen molar-refractivity contribution in [3.8, 4) is 22.8 Å². The fourth-order valence-electron chi connectivity index (χ4n) is 2.95. The van der Waals surface area contributed by atoms with E-state index in [0.29, 0.717) is 22.0 Å². The molecule has 0 radical (unpaired) electrons. The number of hydrogen-bond donors (Lipinski definition) is 1. The van der Waals surface area contributed by atoms with E-state index >= 15 is 0 Å². The van der Waals surface area contributed by atoms with Crippen LogP contribution in [0.5, 0.6) is 11.6 Å². The van der Waals surface area contributed by atoms with E-state index in [1.807, 2.05) is 0 Å². The van der Waals surface area contributed by atoms with Crippen molar-refractivity contribution >= 4 is 38.6 Å². The number of ether oxygens (including phenoxy) is 2. The topological polar surface area (TPSA) is 98.6 Å². The molecule has 1 aromatic carbocycles. The molecule has 0 aliphatic heterocycles. The van der Waals surface area contributed by atoms with Gasteiger partial charge in [-0.25, -0.2) is 9.97 Å². The maximum Gasteiger partial charge on any atom is 0.574 e. The molecule has 1 N–H and O–H groups in total. The molecule has 0 bridgehead atoms. The Morgan fingerprint density at radius 3 is 2.53 bits per heavy atom. The summed E-state index contributed by atoms with van der Waals surface area (Å²) in [6.45, 7) is 1.83. The average molecular weight is 513 g/mol. The monoisotopic (exact) mass is 512 g/mol. The summed E-state index contributed by atoms with van der Waals surface area (Å²) in [4.78, 5) is 32.1. The van der Waals surface area contributed by atoms with E-state index in [4.69, 9.17) is 4.74 Å². The molecule has 2 aromatic heterocycles. The summed E-state index contributed by atoms with van der Waals surface area (Å²) in [5.74, 6) is -2.12. The zero-order chi connectivity index (χ0) is 23.5. The zero-order valence-electron chi connectivity index (χ0n) is 16.6. The number of alkyl halides is 3. The summed E-state index contributed by atoms with van der Waals surface area (Å²) >= 11 is 3.26. The van der Waals surface area contributed by atoms with Crippen LogP contribution in [0.4, 0.5) is 13.2 Å². The minimum absolute atomic E-state index is 0.171. The second-order valence-corrected chi connectivity index (χ2v) is 7.28. The van der Waals surface area contributed by atoms with Crippen molar-refractivity contribution in [3.05, 3.63) is 46.7 Å². The fourth-order valence-corrected chi connectivity index (χ4v) is 3.46. The molecule has 3 rings (SSSR count). The van der Waals surface area contributed by atoms with Crippen molar-refractivity contribution in [1.82, 2.24) is 9.97 Å². The number of pyridine rings is 2. The lowest BCUT2D eigenvalue weighted by Gasteiger charge is -2.12. The molecule has 11 heteroatoms. The van der Waals surface area contributed by atoms with Gasteiger partial charge in [-0.05, 0) is 28.9 Å². The van der Waals surface area contributed by atoms with E-state index in [1.165, 1.54) is 12.3 Å². The molecule has 0 fully saturated rings. The van der Waals surface area contributed by atoms with Crippen LogP contribution in [0.2, 0.25) is 0 Å². The van der Waals surface area contributed by atoms with Crippen molar-refractivity contribution < 1.29 is 37.3 Å². The molecular formula is C21H16BrF3N2O5. The Kier molecular flexibility index (Phi) is 6.97. The van der Waals surface area contributed by atoms with Crippen LogP contribution in [0.1, 0.15) is 30.3 Å². The summed E-state index contributed by atoms with van der Waals surface area (Å²) in [5.41, 5.74) is 0.947. The van der Waals surface area contributed by atoms with E-state index in [0.717, 1.165) is 6.07 Å². The zero-order valence-corrected chi connectivity index (χ0v) is 18.2. The van der Waals surface area contributed by atoms with E-state index in [9.17, 15) is 27.9 Å². The molecule has 168 valence electrons. The lowest BCUT2D eigenvalue weighted by atomic mass is 10.0. The number of halogens is 4. The first-order valence-corrected chi connectivity index (χ1v) is 10.1. The highest BCUT2D eigenvalue weighted by Crippen LogP contribution is 2.38. The van der Waals surface area contributed by atoms with Crippen molar-refractivity contribution in [2.24, 2.45) is 0 Å². The Hall–Kier alpha value is -3.21. The van der Waals surface area contributed by atoms with Crippen molar-refractivity contribution in [2.75, 3.05) is 6.61 Å². The molecule has 2 heterocycles. The first kappa shape index (κ1) is 23.5. The van der Waals surface area contributed by atoms with E-state index < -0.39 is 24.0 Å². The first-order chi connectivity index (χ1) is 15.1. The van der Waals surface area contributed by atoms with Crippen LogP contribution in [-0.4, -0.2) is 39.8 Å². The van der Waals surface area contributed by atoms with Crippen LogP contribution in [0.15, 0.2) is 41.0 Å². The largest absolute Gasteiger partial charge is 0.574 e. The Balaban J connectivity index is 2.00. The lowest BCUT2D eigenvalue weighted by Crippen LogP contribution is -2.17. The maximum atomic E-state index is 12.6. The summed E-state index contributed by atoms with van der Waals surface area (Å²) in [6, 6.07) is 7.38. The first-order valence-electron chi connectivity index (χ1n) is 9.33. The number of nitrogens with zero attached hydrogens (tertiary/aromatic N) is 2. The van der Waals surface area contributed by atoms with E-state index in [1.54, 1.807) is 25.1 Å². The second-order valence-electron chi connectivity index (χ2n) is 6.49. The number of carbonyl (C=O) groups excluding carboxylic acids is 2. The van der Waals surface area contributed by atoms with Crippen LogP contribution in [-0.2, 0) is 9.53 Å². The van der Waals surface area contributed by atoms with Crippen molar-refractivity contribution in [3.63, 3.8) is 0 Å². The molecule has 7 nitrogen and oxygen atoms in total. The smallest absolute Gasteiger partial charge is 0.504 e. The third-order valence-corrected chi connectivity index (χ3v) is 5.12. The van der Waals surface area contributed by atoms with Gasteiger partial charge < -0.3 is 14.6 Å². The van der Waals surface area contributed by atoms with Crippen LogP contribution < -0.4 is 4.74 Å². The van der Waals surface area contributed by atoms with Gasteiger partial charge >= 0.3 is 12.3 Å². The van der Waals surface area contributed by atoms with E-state index in [2.05, 4.69) is 30.6 Å². The molecule has 3 aromatic rings. The number of esters is 1. The molecule has 0 saturated heterocycles. The van der Waals surface area contributed by atoms with Crippen LogP contribution in [0.25, 0.3) is 22.0 Å². The van der Waals surface area contributed by atoms with Gasteiger partial charge in [0.25, 0.3) is 0 Å². The number of para-hydroxylation sites is 1. The molecule has 0 aliphatic rings. The van der Waals surface area contributed by atoms with E-state index in [-0.39, 0.29) is 35.4 Å². The third kappa shape index (κ3) is 5.34.